The Kier molecular flexibility index (Phi) is 2.65. The van der Waals surface area contributed by atoms with E-state index in [1.54, 1.807) is 0 Å². The normalized spacial score (nSPS) is 15.8. The van der Waals surface area contributed by atoms with Crippen molar-refractivity contribution < 1.29 is 0 Å². The molecular formula is C11H13N3S2. The Morgan fingerprint density at radius 1 is 1.19 bits per heavy atom. The van der Waals surface area contributed by atoms with Gasteiger partial charge in [0.05, 0.1) is 4.88 Å². The molecule has 5 heteroatoms. The summed E-state index contributed by atoms with van der Waals surface area (Å²) in [5.41, 5.74) is 1.51. The van der Waals surface area contributed by atoms with Crippen LogP contribution in [0, 0.1) is 4.77 Å². The highest BCUT2D eigenvalue weighted by Gasteiger charge is 2.14. The molecule has 3 nitrogen and oxygen atoms in total. The van der Waals surface area contributed by atoms with Crippen molar-refractivity contribution in [2.45, 2.75) is 32.1 Å². The number of rotatable bonds is 1. The monoisotopic (exact) mass is 251 g/mol. The summed E-state index contributed by atoms with van der Waals surface area (Å²) in [6.07, 6.45) is 6.45. The van der Waals surface area contributed by atoms with Crippen LogP contribution in [0.1, 0.15) is 29.7 Å². The highest BCUT2D eigenvalue weighted by atomic mass is 32.1. The van der Waals surface area contributed by atoms with E-state index < -0.39 is 0 Å². The van der Waals surface area contributed by atoms with Crippen LogP contribution in [0.15, 0.2) is 6.07 Å². The number of H-pyrrole nitrogens is 2. The summed E-state index contributed by atoms with van der Waals surface area (Å²) in [5.74, 6) is 0.878. The molecule has 0 bridgehead atoms. The van der Waals surface area contributed by atoms with Crippen molar-refractivity contribution >= 4 is 23.6 Å². The highest BCUT2D eigenvalue weighted by molar-refractivity contribution is 7.71. The molecule has 2 aromatic heterocycles. The van der Waals surface area contributed by atoms with E-state index in [4.69, 9.17) is 12.2 Å². The van der Waals surface area contributed by atoms with Gasteiger partial charge in [-0.3, -0.25) is 10.2 Å². The molecule has 2 aromatic rings. The van der Waals surface area contributed by atoms with E-state index in [1.807, 2.05) is 11.3 Å². The smallest absolute Gasteiger partial charge is 0.213 e. The maximum Gasteiger partial charge on any atom is 0.213 e. The zero-order valence-electron chi connectivity index (χ0n) is 8.88. The molecule has 0 spiro atoms. The Morgan fingerprint density at radius 3 is 2.88 bits per heavy atom. The van der Waals surface area contributed by atoms with Crippen molar-refractivity contribution in [2.75, 3.05) is 0 Å². The second-order valence-electron chi connectivity index (χ2n) is 4.14. The van der Waals surface area contributed by atoms with Gasteiger partial charge < -0.3 is 0 Å². The zero-order chi connectivity index (χ0) is 11.0. The molecule has 0 aliphatic heterocycles. The van der Waals surface area contributed by atoms with Crippen molar-refractivity contribution in [1.29, 1.82) is 0 Å². The van der Waals surface area contributed by atoms with E-state index in [2.05, 4.69) is 21.2 Å². The SMILES string of the molecule is S=c1nc(-c2cc3c(s2)CCCCC3)[nH][nH]1. The van der Waals surface area contributed by atoms with Crippen LogP contribution in [0.3, 0.4) is 0 Å². The van der Waals surface area contributed by atoms with Crippen molar-refractivity contribution in [3.8, 4) is 10.7 Å². The van der Waals surface area contributed by atoms with Crippen LogP contribution in [0.4, 0.5) is 0 Å². The third kappa shape index (κ3) is 1.85. The van der Waals surface area contributed by atoms with E-state index >= 15 is 0 Å². The number of aromatic amines is 2. The first-order valence-electron chi connectivity index (χ1n) is 5.59. The maximum absolute atomic E-state index is 4.97. The minimum absolute atomic E-state index is 0.526. The molecule has 2 heterocycles. The number of nitrogens with zero attached hydrogens (tertiary/aromatic N) is 1. The fourth-order valence-electron chi connectivity index (χ4n) is 2.17. The van der Waals surface area contributed by atoms with Gasteiger partial charge in [0.15, 0.2) is 5.82 Å². The Balaban J connectivity index is 2.01. The number of aryl methyl sites for hydroxylation is 2. The number of aromatic nitrogens is 3. The van der Waals surface area contributed by atoms with Gasteiger partial charge in [-0.25, -0.2) is 0 Å². The van der Waals surface area contributed by atoms with Gasteiger partial charge in [0.1, 0.15) is 0 Å². The fraction of sp³-hybridized carbons (Fsp3) is 0.455. The number of hydrogen-bond donors (Lipinski definition) is 2. The van der Waals surface area contributed by atoms with Crippen molar-refractivity contribution in [2.24, 2.45) is 0 Å². The summed E-state index contributed by atoms with van der Waals surface area (Å²) in [5, 5.41) is 5.86. The Labute approximate surface area is 103 Å². The van der Waals surface area contributed by atoms with Crippen molar-refractivity contribution in [1.82, 2.24) is 15.2 Å². The average Bonchev–Trinajstić information content (AvgIpc) is 2.81. The van der Waals surface area contributed by atoms with Crippen LogP contribution in [0.5, 0.6) is 0 Å². The lowest BCUT2D eigenvalue weighted by molar-refractivity contribution is 0.713. The van der Waals surface area contributed by atoms with Crippen LogP contribution in [0.2, 0.25) is 0 Å². The summed E-state index contributed by atoms with van der Waals surface area (Å²) in [4.78, 5) is 7.01. The van der Waals surface area contributed by atoms with Crippen LogP contribution in [-0.4, -0.2) is 15.2 Å². The molecule has 0 amide bonds. The van der Waals surface area contributed by atoms with E-state index in [0.29, 0.717) is 4.77 Å². The third-order valence-electron chi connectivity index (χ3n) is 2.98. The highest BCUT2D eigenvalue weighted by Crippen LogP contribution is 2.33. The zero-order valence-corrected chi connectivity index (χ0v) is 10.5. The van der Waals surface area contributed by atoms with E-state index in [0.717, 1.165) is 5.82 Å². The van der Waals surface area contributed by atoms with Gasteiger partial charge in [0.2, 0.25) is 4.77 Å². The van der Waals surface area contributed by atoms with E-state index in [1.165, 1.54) is 47.4 Å². The standard InChI is InChI=1S/C11H13N3S2/c15-11-12-10(13-14-11)9-6-7-4-2-1-3-5-8(7)16-9/h6H,1-5H2,(H2,12,13,14,15). The molecule has 3 rings (SSSR count). The summed E-state index contributed by atoms with van der Waals surface area (Å²) < 4.78 is 0.526. The van der Waals surface area contributed by atoms with Gasteiger partial charge in [0, 0.05) is 4.88 Å². The molecule has 1 aliphatic carbocycles. The minimum atomic E-state index is 0.526. The van der Waals surface area contributed by atoms with Crippen molar-refractivity contribution in [3.63, 3.8) is 0 Å². The van der Waals surface area contributed by atoms with E-state index in [9.17, 15) is 0 Å². The van der Waals surface area contributed by atoms with E-state index in [-0.39, 0.29) is 0 Å². The first-order valence-corrected chi connectivity index (χ1v) is 6.82. The predicted molar refractivity (Wildman–Crippen MR) is 68.3 cm³/mol. The van der Waals surface area contributed by atoms with Gasteiger partial charge >= 0.3 is 0 Å². The predicted octanol–water partition coefficient (Wildman–Crippen LogP) is 3.46. The summed E-state index contributed by atoms with van der Waals surface area (Å²) >= 11 is 6.83. The second-order valence-corrected chi connectivity index (χ2v) is 5.66. The van der Waals surface area contributed by atoms with Gasteiger partial charge in [-0.1, -0.05) is 6.42 Å². The number of fused-ring (bicyclic) bond motifs is 1. The molecule has 0 radical (unpaired) electrons. The Bertz CT molecular complexity index is 526. The molecule has 16 heavy (non-hydrogen) atoms. The maximum atomic E-state index is 4.97. The van der Waals surface area contributed by atoms with Crippen molar-refractivity contribution in [3.05, 3.63) is 21.3 Å². The van der Waals surface area contributed by atoms with Gasteiger partial charge in [-0.2, -0.15) is 4.98 Å². The van der Waals surface area contributed by atoms with Crippen LogP contribution in [-0.2, 0) is 12.8 Å². The lowest BCUT2D eigenvalue weighted by Crippen LogP contribution is -1.81. The molecular weight excluding hydrogens is 238 g/mol. The van der Waals surface area contributed by atoms with Gasteiger partial charge in [-0.05, 0) is 49.5 Å². The quantitative estimate of drug-likeness (QED) is 0.602. The molecule has 0 fully saturated rings. The summed E-state index contributed by atoms with van der Waals surface area (Å²) in [6, 6.07) is 2.27. The first kappa shape index (κ1) is 10.2. The van der Waals surface area contributed by atoms with Gasteiger partial charge in [0.25, 0.3) is 0 Å². The molecule has 2 N–H and O–H groups in total. The van der Waals surface area contributed by atoms with Gasteiger partial charge in [-0.15, -0.1) is 11.3 Å². The van der Waals surface area contributed by atoms with Crippen LogP contribution in [0.25, 0.3) is 10.7 Å². The largest absolute Gasteiger partial charge is 0.281 e. The molecule has 0 atom stereocenters. The summed E-state index contributed by atoms with van der Waals surface area (Å²) in [7, 11) is 0. The third-order valence-corrected chi connectivity index (χ3v) is 4.42. The van der Waals surface area contributed by atoms with Crippen LogP contribution < -0.4 is 0 Å². The van der Waals surface area contributed by atoms with Crippen LogP contribution >= 0.6 is 23.6 Å². The average molecular weight is 251 g/mol. The molecule has 0 aromatic carbocycles. The molecule has 1 aliphatic rings. The fourth-order valence-corrected chi connectivity index (χ4v) is 3.51. The topological polar surface area (TPSA) is 44.5 Å². The molecule has 0 unspecified atom stereocenters. The summed E-state index contributed by atoms with van der Waals surface area (Å²) in [6.45, 7) is 0. The number of thiophene rings is 1. The number of nitrogens with one attached hydrogen (secondary N) is 2. The molecule has 84 valence electrons. The minimum Gasteiger partial charge on any atom is -0.281 e. The Hall–Kier alpha value is -0.940. The second kappa shape index (κ2) is 4.14. The number of hydrogen-bond acceptors (Lipinski definition) is 3. The Morgan fingerprint density at radius 2 is 2.06 bits per heavy atom. The molecule has 0 saturated carbocycles. The lowest BCUT2D eigenvalue weighted by Gasteiger charge is -1.92. The lowest BCUT2D eigenvalue weighted by atomic mass is 10.1. The molecule has 0 saturated heterocycles. The first-order chi connectivity index (χ1) is 7.83.